The standard InChI is InChI=1S/C17H14F2N2O2/c1-9-8-13(16-14(22)7-6-12(19)15(9)16)20-21-17(23)10-4-2-3-5-11(10)18/h2-7,9,22H,8H2,1H3,(H,21,23)/b20-13+/t9-/m1/s1. The number of carbonyl (C=O) groups excluding carboxylic acids is 1. The lowest BCUT2D eigenvalue weighted by Crippen LogP contribution is -2.20. The number of halogens is 2. The molecule has 0 spiro atoms. The van der Waals surface area contributed by atoms with Gasteiger partial charge < -0.3 is 5.11 Å². The van der Waals surface area contributed by atoms with Gasteiger partial charge in [0.15, 0.2) is 0 Å². The van der Waals surface area contributed by atoms with Crippen molar-refractivity contribution in [2.24, 2.45) is 5.10 Å². The summed E-state index contributed by atoms with van der Waals surface area (Å²) in [7, 11) is 0. The predicted molar refractivity (Wildman–Crippen MR) is 81.5 cm³/mol. The predicted octanol–water partition coefficient (Wildman–Crippen LogP) is 3.31. The van der Waals surface area contributed by atoms with Crippen LogP contribution in [0.5, 0.6) is 5.75 Å². The average Bonchev–Trinajstić information content (AvgIpc) is 2.87. The molecule has 2 aromatic carbocycles. The highest BCUT2D eigenvalue weighted by atomic mass is 19.1. The van der Waals surface area contributed by atoms with Gasteiger partial charge in [-0.1, -0.05) is 19.1 Å². The number of nitrogens with zero attached hydrogens (tertiary/aromatic N) is 1. The maximum absolute atomic E-state index is 13.9. The number of amides is 1. The van der Waals surface area contributed by atoms with E-state index in [2.05, 4.69) is 10.5 Å². The Morgan fingerprint density at radius 3 is 2.70 bits per heavy atom. The SMILES string of the molecule is C[C@@H]1C/C(=N\NC(=O)c2ccccc2F)c2c(O)ccc(F)c21. The molecule has 1 aliphatic carbocycles. The van der Waals surface area contributed by atoms with Gasteiger partial charge >= 0.3 is 0 Å². The zero-order chi connectivity index (χ0) is 16.6. The molecule has 0 bridgehead atoms. The number of aromatic hydroxyl groups is 1. The molecule has 2 N–H and O–H groups in total. The molecule has 0 radical (unpaired) electrons. The molecule has 1 amide bonds. The summed E-state index contributed by atoms with van der Waals surface area (Å²) >= 11 is 0. The van der Waals surface area contributed by atoms with E-state index in [1.807, 2.05) is 6.92 Å². The van der Waals surface area contributed by atoms with Crippen LogP contribution in [0.4, 0.5) is 8.78 Å². The number of hydrogen-bond acceptors (Lipinski definition) is 3. The largest absolute Gasteiger partial charge is 0.507 e. The van der Waals surface area contributed by atoms with Crippen LogP contribution in [-0.4, -0.2) is 16.7 Å². The first-order valence-corrected chi connectivity index (χ1v) is 7.12. The minimum absolute atomic E-state index is 0.0929. The minimum Gasteiger partial charge on any atom is -0.507 e. The van der Waals surface area contributed by atoms with Gasteiger partial charge in [0.25, 0.3) is 5.91 Å². The lowest BCUT2D eigenvalue weighted by Gasteiger charge is -2.06. The fourth-order valence-corrected chi connectivity index (χ4v) is 2.79. The Bertz CT molecular complexity index is 818. The van der Waals surface area contributed by atoms with Crippen molar-refractivity contribution in [2.75, 3.05) is 0 Å². The number of nitrogens with one attached hydrogen (secondary N) is 1. The van der Waals surface area contributed by atoms with Crippen molar-refractivity contribution in [2.45, 2.75) is 19.3 Å². The van der Waals surface area contributed by atoms with Crippen LogP contribution in [0.25, 0.3) is 0 Å². The molecule has 0 unspecified atom stereocenters. The Labute approximate surface area is 131 Å². The van der Waals surface area contributed by atoms with Crippen molar-refractivity contribution < 1.29 is 18.7 Å². The van der Waals surface area contributed by atoms with E-state index >= 15 is 0 Å². The highest BCUT2D eigenvalue weighted by molar-refractivity contribution is 6.08. The minimum atomic E-state index is -0.701. The van der Waals surface area contributed by atoms with Gasteiger partial charge in [-0.05, 0) is 36.6 Å². The molecular weight excluding hydrogens is 302 g/mol. The maximum atomic E-state index is 13.9. The third-order valence-electron chi connectivity index (χ3n) is 3.86. The highest BCUT2D eigenvalue weighted by Crippen LogP contribution is 2.39. The summed E-state index contributed by atoms with van der Waals surface area (Å²) in [5.41, 5.74) is 3.18. The molecular formula is C17H14F2N2O2. The van der Waals surface area contributed by atoms with Crippen LogP contribution in [-0.2, 0) is 0 Å². The summed E-state index contributed by atoms with van der Waals surface area (Å²) in [6, 6.07) is 7.99. The van der Waals surface area contributed by atoms with Crippen molar-refractivity contribution >= 4 is 11.6 Å². The fraction of sp³-hybridized carbons (Fsp3) is 0.176. The van der Waals surface area contributed by atoms with Crippen LogP contribution in [0.1, 0.15) is 40.7 Å². The van der Waals surface area contributed by atoms with Gasteiger partial charge in [-0.3, -0.25) is 4.79 Å². The molecule has 118 valence electrons. The van der Waals surface area contributed by atoms with E-state index in [1.54, 1.807) is 6.07 Å². The van der Waals surface area contributed by atoms with Crippen molar-refractivity contribution in [1.82, 2.24) is 5.43 Å². The van der Waals surface area contributed by atoms with Crippen molar-refractivity contribution in [3.8, 4) is 5.75 Å². The lowest BCUT2D eigenvalue weighted by molar-refractivity contribution is 0.0950. The van der Waals surface area contributed by atoms with E-state index in [-0.39, 0.29) is 17.2 Å². The molecule has 0 aromatic heterocycles. The molecule has 6 heteroatoms. The van der Waals surface area contributed by atoms with Crippen LogP contribution in [0.15, 0.2) is 41.5 Å². The van der Waals surface area contributed by atoms with E-state index in [4.69, 9.17) is 0 Å². The molecule has 3 rings (SSSR count). The van der Waals surface area contributed by atoms with Gasteiger partial charge in [0.05, 0.1) is 11.3 Å². The number of phenolic OH excluding ortho intramolecular Hbond substituents is 1. The van der Waals surface area contributed by atoms with E-state index in [1.165, 1.54) is 30.3 Å². The number of rotatable bonds is 2. The summed E-state index contributed by atoms with van der Waals surface area (Å²) in [5, 5.41) is 13.9. The first-order valence-electron chi connectivity index (χ1n) is 7.12. The van der Waals surface area contributed by atoms with Crippen molar-refractivity contribution in [3.63, 3.8) is 0 Å². The first kappa shape index (κ1) is 15.1. The fourth-order valence-electron chi connectivity index (χ4n) is 2.79. The number of benzene rings is 2. The van der Waals surface area contributed by atoms with Crippen molar-refractivity contribution in [1.29, 1.82) is 0 Å². The maximum Gasteiger partial charge on any atom is 0.274 e. The number of hydrazone groups is 1. The molecule has 4 nitrogen and oxygen atoms in total. The van der Waals surface area contributed by atoms with Gasteiger partial charge in [-0.25, -0.2) is 14.2 Å². The number of phenols is 1. The monoisotopic (exact) mass is 316 g/mol. The van der Waals surface area contributed by atoms with Crippen molar-refractivity contribution in [3.05, 3.63) is 64.7 Å². The Hall–Kier alpha value is -2.76. The Balaban J connectivity index is 1.91. The third kappa shape index (κ3) is 2.67. The lowest BCUT2D eigenvalue weighted by atomic mass is 10.0. The quantitative estimate of drug-likeness (QED) is 0.835. The summed E-state index contributed by atoms with van der Waals surface area (Å²) in [5.74, 6) is -2.03. The van der Waals surface area contributed by atoms with Gasteiger partial charge in [-0.15, -0.1) is 0 Å². The van der Waals surface area contributed by atoms with Gasteiger partial charge in [0, 0.05) is 11.1 Å². The smallest absolute Gasteiger partial charge is 0.274 e. The third-order valence-corrected chi connectivity index (χ3v) is 3.86. The molecule has 1 aliphatic rings. The molecule has 0 saturated heterocycles. The molecule has 2 aromatic rings. The molecule has 0 aliphatic heterocycles. The number of hydrogen-bond donors (Lipinski definition) is 2. The number of carbonyl (C=O) groups is 1. The zero-order valence-electron chi connectivity index (χ0n) is 12.3. The summed E-state index contributed by atoms with van der Waals surface area (Å²) in [6.07, 6.45) is 0.376. The topological polar surface area (TPSA) is 61.7 Å². The Kier molecular flexibility index (Phi) is 3.82. The van der Waals surface area contributed by atoms with Crippen LogP contribution in [0, 0.1) is 11.6 Å². The van der Waals surface area contributed by atoms with Crippen LogP contribution in [0.3, 0.4) is 0 Å². The van der Waals surface area contributed by atoms with E-state index in [9.17, 15) is 18.7 Å². The molecule has 23 heavy (non-hydrogen) atoms. The van der Waals surface area contributed by atoms with Gasteiger partial charge in [0.2, 0.25) is 0 Å². The van der Waals surface area contributed by atoms with E-state index in [0.717, 1.165) is 0 Å². The normalized spacial score (nSPS) is 18.0. The van der Waals surface area contributed by atoms with E-state index in [0.29, 0.717) is 23.3 Å². The second-order valence-electron chi connectivity index (χ2n) is 5.44. The second kappa shape index (κ2) is 5.79. The second-order valence-corrected chi connectivity index (χ2v) is 5.44. The van der Waals surface area contributed by atoms with Crippen LogP contribution in [0.2, 0.25) is 0 Å². The first-order chi connectivity index (χ1) is 11.0. The summed E-state index contributed by atoms with van der Waals surface area (Å²) in [4.78, 5) is 12.0. The average molecular weight is 316 g/mol. The molecule has 0 saturated carbocycles. The van der Waals surface area contributed by atoms with Crippen LogP contribution >= 0.6 is 0 Å². The summed E-state index contributed by atoms with van der Waals surface area (Å²) < 4.78 is 27.5. The number of fused-ring (bicyclic) bond motifs is 1. The Morgan fingerprint density at radius 1 is 1.22 bits per heavy atom. The van der Waals surface area contributed by atoms with E-state index < -0.39 is 17.5 Å². The molecule has 1 atom stereocenters. The highest BCUT2D eigenvalue weighted by Gasteiger charge is 2.30. The zero-order valence-corrected chi connectivity index (χ0v) is 12.3. The molecule has 0 fully saturated rings. The van der Waals surface area contributed by atoms with Crippen LogP contribution < -0.4 is 5.43 Å². The summed E-state index contributed by atoms with van der Waals surface area (Å²) in [6.45, 7) is 1.81. The molecule has 0 heterocycles. The van der Waals surface area contributed by atoms with Gasteiger partial charge in [-0.2, -0.15) is 5.10 Å². The van der Waals surface area contributed by atoms with Gasteiger partial charge in [0.1, 0.15) is 17.4 Å². The Morgan fingerprint density at radius 2 is 1.96 bits per heavy atom.